The zero-order chi connectivity index (χ0) is 18.3. The number of allylic oxidation sites excluding steroid dienone is 1. The molecule has 0 saturated heterocycles. The van der Waals surface area contributed by atoms with Crippen LogP contribution in [0.1, 0.15) is 17.8 Å². The van der Waals surface area contributed by atoms with Gasteiger partial charge in [-0.2, -0.15) is 0 Å². The molecule has 0 radical (unpaired) electrons. The summed E-state index contributed by atoms with van der Waals surface area (Å²) in [6.45, 7) is 0.609. The normalized spacial score (nSPS) is 14.7. The first kappa shape index (κ1) is 16.7. The fourth-order valence-corrected chi connectivity index (χ4v) is 3.51. The summed E-state index contributed by atoms with van der Waals surface area (Å²) in [5.74, 6) is 2.00. The van der Waals surface area contributed by atoms with E-state index in [1.54, 1.807) is 37.0 Å². The summed E-state index contributed by atoms with van der Waals surface area (Å²) in [6, 6.07) is 10.9. The lowest BCUT2D eigenvalue weighted by Crippen LogP contribution is -2.20. The number of rotatable bonds is 3. The maximum Gasteiger partial charge on any atom is 0.261 e. The molecule has 0 bridgehead atoms. The van der Waals surface area contributed by atoms with Gasteiger partial charge in [-0.25, -0.2) is 4.98 Å². The third kappa shape index (κ3) is 2.65. The topological polar surface area (TPSA) is 53.4 Å². The van der Waals surface area contributed by atoms with Crippen molar-refractivity contribution in [2.24, 2.45) is 0 Å². The van der Waals surface area contributed by atoms with Crippen molar-refractivity contribution >= 4 is 34.2 Å². The van der Waals surface area contributed by atoms with Gasteiger partial charge in [-0.15, -0.1) is 0 Å². The Kier molecular flexibility index (Phi) is 4.17. The van der Waals surface area contributed by atoms with E-state index in [-0.39, 0.29) is 5.56 Å². The minimum atomic E-state index is -0.0392. The monoisotopic (exact) mass is 368 g/mol. The second kappa shape index (κ2) is 6.50. The lowest BCUT2D eigenvalue weighted by molar-refractivity contribution is 0.354. The van der Waals surface area contributed by atoms with E-state index in [2.05, 4.69) is 0 Å². The average molecular weight is 369 g/mol. The van der Waals surface area contributed by atoms with E-state index in [0.29, 0.717) is 39.8 Å². The lowest BCUT2D eigenvalue weighted by atomic mass is 10.1. The van der Waals surface area contributed by atoms with Crippen molar-refractivity contribution in [2.45, 2.75) is 13.0 Å². The van der Waals surface area contributed by atoms with E-state index in [1.807, 2.05) is 24.3 Å². The molecule has 0 atom stereocenters. The van der Waals surface area contributed by atoms with Gasteiger partial charge in [0, 0.05) is 17.1 Å². The maximum absolute atomic E-state index is 12.8. The van der Waals surface area contributed by atoms with Gasteiger partial charge in [0.15, 0.2) is 11.5 Å². The first-order valence-electron chi connectivity index (χ1n) is 8.24. The summed E-state index contributed by atoms with van der Waals surface area (Å²) in [5, 5.41) is 1.14. The zero-order valence-corrected chi connectivity index (χ0v) is 15.2. The van der Waals surface area contributed by atoms with Crippen LogP contribution in [-0.4, -0.2) is 23.8 Å². The number of aromatic nitrogens is 2. The molecule has 0 amide bonds. The van der Waals surface area contributed by atoms with Crippen LogP contribution in [0.15, 0.2) is 41.2 Å². The molecule has 6 heteroatoms. The third-order valence-electron chi connectivity index (χ3n) is 4.57. The molecule has 132 valence electrons. The molecule has 0 N–H and O–H groups in total. The summed E-state index contributed by atoms with van der Waals surface area (Å²) in [5.41, 5.74) is 2.44. The maximum atomic E-state index is 12.8. The molecule has 0 unspecified atom stereocenters. The summed E-state index contributed by atoms with van der Waals surface area (Å²) in [4.78, 5) is 17.5. The SMILES string of the molecule is COc1cccc(/C=C2/CCn3c2nc2cc(Cl)ccc2c3=O)c1OC. The van der Waals surface area contributed by atoms with Gasteiger partial charge in [-0.05, 0) is 42.3 Å². The van der Waals surface area contributed by atoms with E-state index in [1.165, 1.54) is 0 Å². The molecule has 26 heavy (non-hydrogen) atoms. The van der Waals surface area contributed by atoms with Crippen LogP contribution >= 0.6 is 11.6 Å². The molecule has 1 aliphatic heterocycles. The van der Waals surface area contributed by atoms with Crippen molar-refractivity contribution < 1.29 is 9.47 Å². The van der Waals surface area contributed by atoms with Crippen LogP contribution in [0.4, 0.5) is 0 Å². The molecule has 5 nitrogen and oxygen atoms in total. The quantitative estimate of drug-likeness (QED) is 0.701. The summed E-state index contributed by atoms with van der Waals surface area (Å²) in [7, 11) is 3.22. The van der Waals surface area contributed by atoms with E-state index in [0.717, 1.165) is 17.6 Å². The van der Waals surface area contributed by atoms with Crippen molar-refractivity contribution in [3.8, 4) is 11.5 Å². The fourth-order valence-electron chi connectivity index (χ4n) is 3.34. The Morgan fingerprint density at radius 2 is 2.04 bits per heavy atom. The molecular formula is C20H17ClN2O3. The molecule has 1 aliphatic rings. The van der Waals surface area contributed by atoms with Crippen LogP contribution in [0.5, 0.6) is 11.5 Å². The Labute approximate surface area is 155 Å². The van der Waals surface area contributed by atoms with Gasteiger partial charge in [0.1, 0.15) is 5.82 Å². The lowest BCUT2D eigenvalue weighted by Gasteiger charge is -2.11. The molecule has 0 aliphatic carbocycles. The minimum absolute atomic E-state index is 0.0392. The van der Waals surface area contributed by atoms with Crippen molar-refractivity contribution in [3.63, 3.8) is 0 Å². The summed E-state index contributed by atoms with van der Waals surface area (Å²) >= 11 is 6.07. The van der Waals surface area contributed by atoms with Gasteiger partial charge in [-0.3, -0.25) is 9.36 Å². The number of hydrogen-bond acceptors (Lipinski definition) is 4. The Morgan fingerprint density at radius 3 is 2.81 bits per heavy atom. The second-order valence-corrected chi connectivity index (χ2v) is 6.49. The first-order valence-corrected chi connectivity index (χ1v) is 8.62. The third-order valence-corrected chi connectivity index (χ3v) is 4.81. The Morgan fingerprint density at radius 1 is 1.19 bits per heavy atom. The number of nitrogens with zero attached hydrogens (tertiary/aromatic N) is 2. The molecule has 0 saturated carbocycles. The van der Waals surface area contributed by atoms with Crippen molar-refractivity contribution in [1.29, 1.82) is 0 Å². The summed E-state index contributed by atoms with van der Waals surface area (Å²) in [6.07, 6.45) is 2.73. The molecule has 1 aromatic heterocycles. The number of halogens is 1. The van der Waals surface area contributed by atoms with Crippen molar-refractivity contribution in [2.75, 3.05) is 14.2 Å². The van der Waals surface area contributed by atoms with Crippen molar-refractivity contribution in [1.82, 2.24) is 9.55 Å². The van der Waals surface area contributed by atoms with Gasteiger partial charge in [0.05, 0.1) is 25.1 Å². The average Bonchev–Trinajstić information content (AvgIpc) is 3.04. The molecule has 0 fully saturated rings. The number of benzene rings is 2. The number of ether oxygens (including phenoxy) is 2. The Balaban J connectivity index is 1.90. The fraction of sp³-hybridized carbons (Fsp3) is 0.200. The predicted molar refractivity (Wildman–Crippen MR) is 103 cm³/mol. The zero-order valence-electron chi connectivity index (χ0n) is 14.5. The van der Waals surface area contributed by atoms with E-state index in [4.69, 9.17) is 26.1 Å². The Hall–Kier alpha value is -2.79. The van der Waals surface area contributed by atoms with Crippen LogP contribution in [0.25, 0.3) is 22.6 Å². The highest BCUT2D eigenvalue weighted by molar-refractivity contribution is 6.31. The standard InChI is InChI=1S/C20H17ClN2O3/c1-25-17-5-3-4-12(18(17)26-2)10-13-8-9-23-19(13)22-16-11-14(21)6-7-15(16)20(23)24/h3-7,10-11H,8-9H2,1-2H3/b13-10-. The highest BCUT2D eigenvalue weighted by Crippen LogP contribution is 2.35. The molecular weight excluding hydrogens is 352 g/mol. The molecule has 2 aromatic carbocycles. The number of hydrogen-bond donors (Lipinski definition) is 0. The highest BCUT2D eigenvalue weighted by Gasteiger charge is 2.21. The minimum Gasteiger partial charge on any atom is -0.493 e. The van der Waals surface area contributed by atoms with Gasteiger partial charge < -0.3 is 9.47 Å². The molecule has 3 aromatic rings. The van der Waals surface area contributed by atoms with E-state index < -0.39 is 0 Å². The smallest absolute Gasteiger partial charge is 0.261 e. The first-order chi connectivity index (χ1) is 12.6. The van der Waals surface area contributed by atoms with E-state index in [9.17, 15) is 4.79 Å². The summed E-state index contributed by atoms with van der Waals surface area (Å²) < 4.78 is 12.6. The Bertz CT molecular complexity index is 1100. The predicted octanol–water partition coefficient (Wildman–Crippen LogP) is 4.01. The van der Waals surface area contributed by atoms with Crippen LogP contribution < -0.4 is 15.0 Å². The molecule has 0 spiro atoms. The van der Waals surface area contributed by atoms with Gasteiger partial charge >= 0.3 is 0 Å². The second-order valence-electron chi connectivity index (χ2n) is 6.06. The van der Waals surface area contributed by atoms with E-state index >= 15 is 0 Å². The number of para-hydroxylation sites is 1. The van der Waals surface area contributed by atoms with Crippen LogP contribution in [0, 0.1) is 0 Å². The van der Waals surface area contributed by atoms with Gasteiger partial charge in [-0.1, -0.05) is 23.7 Å². The molecule has 4 rings (SSSR count). The van der Waals surface area contributed by atoms with Gasteiger partial charge in [0.2, 0.25) is 0 Å². The number of fused-ring (bicyclic) bond motifs is 2. The molecule has 2 heterocycles. The van der Waals surface area contributed by atoms with Crippen LogP contribution in [0.2, 0.25) is 5.02 Å². The van der Waals surface area contributed by atoms with Crippen LogP contribution in [0.3, 0.4) is 0 Å². The highest BCUT2D eigenvalue weighted by atomic mass is 35.5. The number of methoxy groups -OCH3 is 2. The largest absolute Gasteiger partial charge is 0.493 e. The van der Waals surface area contributed by atoms with Crippen LogP contribution in [-0.2, 0) is 6.54 Å². The van der Waals surface area contributed by atoms with Crippen molar-refractivity contribution in [3.05, 3.63) is 63.2 Å². The van der Waals surface area contributed by atoms with Gasteiger partial charge in [0.25, 0.3) is 5.56 Å².